The molecule has 0 aliphatic rings. The normalized spacial score (nSPS) is 13.7. The molecule has 13 N–H and O–H groups in total. The summed E-state index contributed by atoms with van der Waals surface area (Å²) >= 11 is 0. The van der Waals surface area contributed by atoms with Gasteiger partial charge in [0.2, 0.25) is 29.5 Å². The minimum Gasteiger partial charge on any atom is -0.370 e. The Morgan fingerprint density at radius 2 is 1.27 bits per heavy atom. The predicted octanol–water partition coefficient (Wildman–Crippen LogP) is 0.342. The number of amides is 5. The first-order chi connectivity index (χ1) is 29.7. The summed E-state index contributed by atoms with van der Waals surface area (Å²) in [4.78, 5) is 98.8. The Labute approximate surface area is 358 Å². The first kappa shape index (κ1) is 46.1. The Bertz CT molecular complexity index is 2350. The summed E-state index contributed by atoms with van der Waals surface area (Å²) in [5.41, 5.74) is 15.0. The van der Waals surface area contributed by atoms with E-state index in [1.165, 1.54) is 13.3 Å². The van der Waals surface area contributed by atoms with E-state index in [2.05, 4.69) is 56.8 Å². The Hall–Kier alpha value is -7.02. The summed E-state index contributed by atoms with van der Waals surface area (Å²) in [6.45, 7) is 4.60. The monoisotopic (exact) mass is 851 g/mol. The topological polar surface area (TPSA) is 299 Å². The first-order valence-electron chi connectivity index (χ1n) is 20.5. The van der Waals surface area contributed by atoms with Crippen molar-refractivity contribution in [3.8, 4) is 0 Å². The van der Waals surface area contributed by atoms with Crippen molar-refractivity contribution in [2.24, 2.45) is 22.4 Å². The molecule has 3 aromatic heterocycles. The minimum absolute atomic E-state index is 0.0654. The van der Waals surface area contributed by atoms with Crippen LogP contribution < -0.4 is 43.4 Å². The number of hydrogen-bond donors (Lipinski definition) is 11. The molecule has 3 heterocycles. The van der Waals surface area contributed by atoms with Crippen molar-refractivity contribution >= 4 is 63.1 Å². The van der Waals surface area contributed by atoms with Gasteiger partial charge >= 0.3 is 0 Å². The van der Waals surface area contributed by atoms with Gasteiger partial charge in [-0.3, -0.25) is 33.8 Å². The average molecular weight is 852 g/mol. The summed E-state index contributed by atoms with van der Waals surface area (Å²) < 4.78 is 0. The second-order valence-corrected chi connectivity index (χ2v) is 15.5. The molecule has 0 saturated carbocycles. The lowest BCUT2D eigenvalue weighted by atomic mass is 9.99. The zero-order valence-corrected chi connectivity index (χ0v) is 35.3. The van der Waals surface area contributed by atoms with Crippen LogP contribution in [-0.2, 0) is 48.0 Å². The summed E-state index contributed by atoms with van der Waals surface area (Å²) in [6, 6.07) is 10.1. The van der Waals surface area contributed by atoms with Gasteiger partial charge in [0.25, 0.3) is 0 Å². The van der Waals surface area contributed by atoms with Gasteiger partial charge < -0.3 is 58.3 Å². The molecule has 5 rings (SSSR count). The van der Waals surface area contributed by atoms with E-state index in [0.29, 0.717) is 5.69 Å². The summed E-state index contributed by atoms with van der Waals surface area (Å²) in [6.07, 6.45) is 7.40. The van der Waals surface area contributed by atoms with Crippen molar-refractivity contribution in [1.29, 1.82) is 0 Å². The molecular formula is C43H57N13O6. The summed E-state index contributed by atoms with van der Waals surface area (Å²) in [5.74, 6) is -3.64. The minimum atomic E-state index is -1.19. The van der Waals surface area contributed by atoms with E-state index in [1.807, 2.05) is 62.4 Å². The maximum atomic E-state index is 14.2. The second-order valence-electron chi connectivity index (χ2n) is 15.5. The lowest BCUT2D eigenvalue weighted by Crippen LogP contribution is -2.58. The third-order valence-corrected chi connectivity index (χ3v) is 10.5. The number of aromatic amines is 3. The van der Waals surface area contributed by atoms with Gasteiger partial charge in [-0.15, -0.1) is 0 Å². The van der Waals surface area contributed by atoms with E-state index in [0.717, 1.165) is 32.9 Å². The molecule has 19 nitrogen and oxygen atoms in total. The van der Waals surface area contributed by atoms with Gasteiger partial charge in [-0.05, 0) is 56.0 Å². The number of nitrogens with zero attached hydrogens (tertiary/aromatic N) is 2. The molecule has 5 amide bonds. The Kier molecular flexibility index (Phi) is 16.3. The van der Waals surface area contributed by atoms with Crippen LogP contribution in [0.5, 0.6) is 0 Å². The van der Waals surface area contributed by atoms with E-state index < -0.39 is 66.3 Å². The molecule has 19 heteroatoms. The maximum Gasteiger partial charge on any atom is 0.243 e. The molecule has 0 saturated heterocycles. The Morgan fingerprint density at radius 1 is 0.710 bits per heavy atom. The van der Waals surface area contributed by atoms with E-state index in [4.69, 9.17) is 11.5 Å². The van der Waals surface area contributed by atoms with Crippen LogP contribution in [0, 0.1) is 5.92 Å². The molecule has 5 atom stereocenters. The van der Waals surface area contributed by atoms with Gasteiger partial charge in [-0.25, -0.2) is 4.98 Å². The third kappa shape index (κ3) is 12.7. The largest absolute Gasteiger partial charge is 0.370 e. The van der Waals surface area contributed by atoms with Crippen molar-refractivity contribution in [1.82, 2.24) is 51.8 Å². The number of aromatic nitrogens is 4. The number of H-pyrrole nitrogens is 3. The van der Waals surface area contributed by atoms with Crippen LogP contribution in [0.15, 0.2) is 78.4 Å². The highest BCUT2D eigenvalue weighted by Gasteiger charge is 2.31. The molecule has 2 aromatic carbocycles. The number of rotatable bonds is 23. The molecule has 0 aliphatic carbocycles. The quantitative estimate of drug-likeness (QED) is 0.0243. The summed E-state index contributed by atoms with van der Waals surface area (Å²) in [5, 5.41) is 18.5. The number of carbonyl (C=O) groups excluding carboxylic acids is 6. The Morgan fingerprint density at radius 3 is 1.82 bits per heavy atom. The standard InChI is InChI=1S/C43H57N13O6/c1-24(2)38(25(3)57)56-42(62)35(16-26-19-49-31-12-7-5-10-29(26)31)53-37(58)22-51-39(59)33(14-9-15-48-43(44)45)54-41(61)36(17-27-20-50-32-13-8-6-11-30(27)32)55-40(60)34(46-4)18-28-21-47-23-52-28/h5-8,10-13,19-21,23-24,33-36,38,46,49-50H,9,14-18,22H2,1-4H3,(H,47,52)(H,51,59)(H,53,58)(H,54,61)(H,55,60)(H,56,62)(H4,44,45,48)/t33-,34-,35-,36-,38-/m0/s1. The molecule has 0 fully saturated rings. The number of Topliss-reactive ketones (excluding diaryl/α,β-unsaturated/α-hetero) is 1. The zero-order chi connectivity index (χ0) is 44.8. The van der Waals surface area contributed by atoms with Crippen LogP contribution in [0.25, 0.3) is 21.8 Å². The highest BCUT2D eigenvalue weighted by Crippen LogP contribution is 2.21. The molecular weight excluding hydrogens is 795 g/mol. The fraction of sp³-hybridized carbons (Fsp3) is 0.395. The number of para-hydroxylation sites is 2. The molecule has 0 radical (unpaired) electrons. The SMILES string of the molecule is CN[C@@H](Cc1cnc[nH]1)C(=O)N[C@@H](Cc1c[nH]c2ccccc12)C(=O)N[C@@H](CCCN=C(N)N)C(=O)NCC(=O)N[C@@H](Cc1c[nH]c2ccccc12)C(=O)N[C@H](C(C)=O)C(C)C. The van der Waals surface area contributed by atoms with Crippen molar-refractivity contribution in [3.05, 3.63) is 90.3 Å². The van der Waals surface area contributed by atoms with Crippen LogP contribution in [-0.4, -0.2) is 112 Å². The van der Waals surface area contributed by atoms with Gasteiger partial charge in [0.1, 0.15) is 18.1 Å². The number of nitrogens with two attached hydrogens (primary N) is 2. The Balaban J connectivity index is 1.33. The number of hydrogen-bond acceptors (Lipinski definition) is 9. The fourth-order valence-corrected chi connectivity index (χ4v) is 7.25. The van der Waals surface area contributed by atoms with Crippen molar-refractivity contribution in [2.75, 3.05) is 20.1 Å². The number of nitrogens with one attached hydrogen (secondary N) is 9. The van der Waals surface area contributed by atoms with Crippen LogP contribution in [0.2, 0.25) is 0 Å². The number of carbonyl (C=O) groups is 6. The van der Waals surface area contributed by atoms with Gasteiger partial charge in [0.05, 0.1) is 25.0 Å². The van der Waals surface area contributed by atoms with Gasteiger partial charge in [-0.1, -0.05) is 50.2 Å². The van der Waals surface area contributed by atoms with Crippen molar-refractivity contribution in [2.45, 2.75) is 83.1 Å². The first-order valence-corrected chi connectivity index (χ1v) is 20.5. The van der Waals surface area contributed by atoms with Crippen LogP contribution >= 0.6 is 0 Å². The zero-order valence-electron chi connectivity index (χ0n) is 35.3. The molecule has 5 aromatic rings. The number of guanidine groups is 1. The van der Waals surface area contributed by atoms with Gasteiger partial charge in [0, 0.05) is 71.9 Å². The molecule has 0 aliphatic heterocycles. The number of benzene rings is 2. The predicted molar refractivity (Wildman–Crippen MR) is 235 cm³/mol. The number of aliphatic imine (C=N–C) groups is 1. The van der Waals surface area contributed by atoms with Gasteiger partial charge in [0.15, 0.2) is 11.7 Å². The van der Waals surface area contributed by atoms with E-state index >= 15 is 0 Å². The number of ketones is 1. The maximum absolute atomic E-state index is 14.2. The highest BCUT2D eigenvalue weighted by atomic mass is 16.2. The third-order valence-electron chi connectivity index (χ3n) is 10.5. The van der Waals surface area contributed by atoms with E-state index in [-0.39, 0.29) is 56.3 Å². The second kappa shape index (κ2) is 22.0. The lowest BCUT2D eigenvalue weighted by Gasteiger charge is -2.25. The molecule has 0 unspecified atom stereocenters. The smallest absolute Gasteiger partial charge is 0.243 e. The van der Waals surface area contributed by atoms with E-state index in [9.17, 15) is 28.8 Å². The fourth-order valence-electron chi connectivity index (χ4n) is 7.25. The average Bonchev–Trinajstić information content (AvgIpc) is 4.02. The molecule has 330 valence electrons. The van der Waals surface area contributed by atoms with Crippen LogP contribution in [0.1, 0.15) is 50.4 Å². The molecule has 0 bridgehead atoms. The lowest BCUT2D eigenvalue weighted by molar-refractivity contribution is -0.133. The van der Waals surface area contributed by atoms with Crippen LogP contribution in [0.4, 0.5) is 0 Å². The molecule has 0 spiro atoms. The summed E-state index contributed by atoms with van der Waals surface area (Å²) in [7, 11) is 1.63. The number of fused-ring (bicyclic) bond motifs is 2. The number of likely N-dealkylation sites (N-methyl/N-ethyl adjacent to an activating group) is 1. The highest BCUT2D eigenvalue weighted by molar-refractivity contribution is 5.96. The molecule has 62 heavy (non-hydrogen) atoms. The number of imidazole rings is 1. The van der Waals surface area contributed by atoms with Crippen molar-refractivity contribution in [3.63, 3.8) is 0 Å². The van der Waals surface area contributed by atoms with E-state index in [1.54, 1.807) is 25.6 Å². The van der Waals surface area contributed by atoms with Crippen LogP contribution in [0.3, 0.4) is 0 Å². The van der Waals surface area contributed by atoms with Gasteiger partial charge in [-0.2, -0.15) is 0 Å². The van der Waals surface area contributed by atoms with Crippen molar-refractivity contribution < 1.29 is 28.8 Å².